The third-order valence-corrected chi connectivity index (χ3v) is 5.47. The Morgan fingerprint density at radius 2 is 1.77 bits per heavy atom. The molecule has 6 heteroatoms. The number of aryl methyl sites for hydroxylation is 1. The van der Waals surface area contributed by atoms with Crippen molar-refractivity contribution < 1.29 is 14.3 Å². The second-order valence-corrected chi connectivity index (χ2v) is 8.18. The van der Waals surface area contributed by atoms with Gasteiger partial charge in [0.15, 0.2) is 18.1 Å². The van der Waals surface area contributed by atoms with Gasteiger partial charge in [0.25, 0.3) is 5.91 Å². The molecule has 0 unspecified atom stereocenters. The number of amides is 1. The van der Waals surface area contributed by atoms with Crippen LogP contribution < -0.4 is 20.1 Å². The molecule has 0 saturated heterocycles. The Kier molecular flexibility index (Phi) is 8.09. The Morgan fingerprint density at radius 3 is 2.45 bits per heavy atom. The number of ether oxygens (including phenoxy) is 2. The van der Waals surface area contributed by atoms with E-state index in [4.69, 9.17) is 9.47 Å². The molecule has 5 nitrogen and oxygen atoms in total. The summed E-state index contributed by atoms with van der Waals surface area (Å²) in [5, 5.41) is 6.34. The lowest BCUT2D eigenvalue weighted by atomic mass is 10.1. The lowest BCUT2D eigenvalue weighted by molar-refractivity contribution is -0.118. The molecule has 31 heavy (non-hydrogen) atoms. The van der Waals surface area contributed by atoms with Crippen molar-refractivity contribution >= 4 is 27.5 Å². The van der Waals surface area contributed by atoms with Crippen molar-refractivity contribution in [3.05, 3.63) is 87.9 Å². The number of carbonyl (C=O) groups excluding carboxylic acids is 1. The smallest absolute Gasteiger partial charge is 0.262 e. The number of halogens is 1. The summed E-state index contributed by atoms with van der Waals surface area (Å²) in [5.74, 6) is 0.836. The van der Waals surface area contributed by atoms with Crippen LogP contribution in [0.2, 0.25) is 0 Å². The number of benzene rings is 3. The van der Waals surface area contributed by atoms with Gasteiger partial charge in [-0.1, -0.05) is 48.0 Å². The van der Waals surface area contributed by atoms with E-state index in [1.54, 1.807) is 7.11 Å². The van der Waals surface area contributed by atoms with E-state index in [2.05, 4.69) is 45.6 Å². The Morgan fingerprint density at radius 1 is 1.06 bits per heavy atom. The highest BCUT2D eigenvalue weighted by molar-refractivity contribution is 9.10. The van der Waals surface area contributed by atoms with E-state index < -0.39 is 0 Å². The normalized spacial score (nSPS) is 11.6. The Labute approximate surface area is 191 Å². The molecule has 1 amide bonds. The molecule has 0 fully saturated rings. The summed E-state index contributed by atoms with van der Waals surface area (Å²) in [6.45, 7) is 4.68. The van der Waals surface area contributed by atoms with Gasteiger partial charge in [-0.2, -0.15) is 0 Å². The maximum atomic E-state index is 12.3. The fourth-order valence-corrected chi connectivity index (χ4v) is 3.72. The summed E-state index contributed by atoms with van der Waals surface area (Å²) < 4.78 is 12.0. The molecule has 0 aliphatic carbocycles. The topological polar surface area (TPSA) is 59.6 Å². The molecule has 162 valence electrons. The monoisotopic (exact) mass is 482 g/mol. The minimum absolute atomic E-state index is 0.120. The van der Waals surface area contributed by atoms with Crippen molar-refractivity contribution in [2.75, 3.05) is 19.0 Å². The number of nitrogens with one attached hydrogen (secondary N) is 2. The maximum Gasteiger partial charge on any atom is 0.262 e. The van der Waals surface area contributed by atoms with Gasteiger partial charge in [-0.15, -0.1) is 0 Å². The third kappa shape index (κ3) is 6.57. The first kappa shape index (κ1) is 22.8. The van der Waals surface area contributed by atoms with Crippen molar-refractivity contribution in [1.29, 1.82) is 0 Å². The minimum Gasteiger partial charge on any atom is -0.493 e. The number of hydrogen-bond donors (Lipinski definition) is 2. The summed E-state index contributed by atoms with van der Waals surface area (Å²) in [5.41, 5.74) is 4.14. The van der Waals surface area contributed by atoms with Crippen molar-refractivity contribution in [3.63, 3.8) is 0 Å². The van der Waals surface area contributed by atoms with Crippen molar-refractivity contribution in [3.8, 4) is 11.5 Å². The fourth-order valence-electron chi connectivity index (χ4n) is 3.12. The van der Waals surface area contributed by atoms with Gasteiger partial charge in [0, 0.05) is 18.3 Å². The molecule has 3 aromatic carbocycles. The van der Waals surface area contributed by atoms with Crippen molar-refractivity contribution in [1.82, 2.24) is 5.32 Å². The highest BCUT2D eigenvalue weighted by Crippen LogP contribution is 2.36. The summed E-state index contributed by atoms with van der Waals surface area (Å²) in [6, 6.07) is 22.0. The van der Waals surface area contributed by atoms with Gasteiger partial charge in [-0.3, -0.25) is 4.79 Å². The zero-order valence-corrected chi connectivity index (χ0v) is 19.5. The quantitative estimate of drug-likeness (QED) is 0.414. The van der Waals surface area contributed by atoms with Crippen LogP contribution in [-0.4, -0.2) is 19.6 Å². The van der Waals surface area contributed by atoms with Crippen LogP contribution in [0, 0.1) is 6.92 Å². The number of carbonyl (C=O) groups is 1. The van der Waals surface area contributed by atoms with Crippen LogP contribution in [0.5, 0.6) is 11.5 Å². The van der Waals surface area contributed by atoms with E-state index in [9.17, 15) is 4.79 Å². The van der Waals surface area contributed by atoms with Crippen LogP contribution in [0.25, 0.3) is 0 Å². The zero-order valence-electron chi connectivity index (χ0n) is 17.9. The van der Waals surface area contributed by atoms with E-state index in [1.807, 2.05) is 61.5 Å². The largest absolute Gasteiger partial charge is 0.493 e. The maximum absolute atomic E-state index is 12.3. The summed E-state index contributed by atoms with van der Waals surface area (Å²) in [7, 11) is 1.59. The molecule has 0 saturated carbocycles. The first-order valence-electron chi connectivity index (χ1n) is 10.1. The predicted octanol–water partition coefficient (Wildman–Crippen LogP) is 5.63. The minimum atomic E-state index is -0.236. The van der Waals surface area contributed by atoms with E-state index in [0.717, 1.165) is 21.3 Å². The van der Waals surface area contributed by atoms with Crippen LogP contribution in [0.4, 0.5) is 5.69 Å². The Hall–Kier alpha value is -2.83. The molecule has 3 aromatic rings. The highest BCUT2D eigenvalue weighted by Gasteiger charge is 2.14. The summed E-state index contributed by atoms with van der Waals surface area (Å²) >= 11 is 3.55. The first-order chi connectivity index (χ1) is 15.0. The molecule has 0 heterocycles. The van der Waals surface area contributed by atoms with Crippen LogP contribution in [0.15, 0.2) is 71.2 Å². The van der Waals surface area contributed by atoms with Crippen LogP contribution in [-0.2, 0) is 11.3 Å². The average Bonchev–Trinajstić information content (AvgIpc) is 2.78. The van der Waals surface area contributed by atoms with Gasteiger partial charge >= 0.3 is 0 Å². The van der Waals surface area contributed by atoms with Gasteiger partial charge in [-0.05, 0) is 65.2 Å². The van der Waals surface area contributed by atoms with Crippen LogP contribution in [0.1, 0.15) is 29.7 Å². The molecule has 0 aromatic heterocycles. The van der Waals surface area contributed by atoms with Gasteiger partial charge in [0.1, 0.15) is 0 Å². The van der Waals surface area contributed by atoms with E-state index in [1.165, 1.54) is 5.56 Å². The van der Waals surface area contributed by atoms with Gasteiger partial charge in [0.05, 0.1) is 11.6 Å². The van der Waals surface area contributed by atoms with Gasteiger partial charge in [0.2, 0.25) is 0 Å². The first-order valence-corrected chi connectivity index (χ1v) is 10.9. The molecule has 0 bridgehead atoms. The highest BCUT2D eigenvalue weighted by atomic mass is 79.9. The van der Waals surface area contributed by atoms with E-state index in [-0.39, 0.29) is 18.6 Å². The number of hydrogen-bond acceptors (Lipinski definition) is 4. The molecular weight excluding hydrogens is 456 g/mol. The standard InChI is InChI=1S/C25H27BrN2O3/c1-17-9-11-21(12-10-17)28-24(29)16-31-25-22(26)13-19(14-23(25)30-3)15-27-18(2)20-7-5-4-6-8-20/h4-14,18,27H,15-16H2,1-3H3,(H,28,29)/t18-/m0/s1. The van der Waals surface area contributed by atoms with Crippen LogP contribution >= 0.6 is 15.9 Å². The molecule has 1 atom stereocenters. The lowest BCUT2D eigenvalue weighted by Crippen LogP contribution is -2.20. The van der Waals surface area contributed by atoms with Crippen LogP contribution in [0.3, 0.4) is 0 Å². The molecule has 0 radical (unpaired) electrons. The Balaban J connectivity index is 1.60. The molecule has 0 aliphatic rings. The van der Waals surface area contributed by atoms with E-state index >= 15 is 0 Å². The van der Waals surface area contributed by atoms with Crippen molar-refractivity contribution in [2.24, 2.45) is 0 Å². The summed E-state index contributed by atoms with van der Waals surface area (Å²) in [6.07, 6.45) is 0. The molecule has 3 rings (SSSR count). The van der Waals surface area contributed by atoms with Gasteiger partial charge in [-0.25, -0.2) is 0 Å². The number of rotatable bonds is 9. The number of anilines is 1. The summed E-state index contributed by atoms with van der Waals surface area (Å²) in [4.78, 5) is 12.3. The molecule has 0 aliphatic heterocycles. The molecule has 0 spiro atoms. The lowest BCUT2D eigenvalue weighted by Gasteiger charge is -2.17. The molecular formula is C25H27BrN2O3. The average molecular weight is 483 g/mol. The second-order valence-electron chi connectivity index (χ2n) is 7.33. The zero-order chi connectivity index (χ0) is 22.2. The SMILES string of the molecule is COc1cc(CN[C@@H](C)c2ccccc2)cc(Br)c1OCC(=O)Nc1ccc(C)cc1. The second kappa shape index (κ2) is 11.0. The third-order valence-electron chi connectivity index (χ3n) is 4.88. The van der Waals surface area contributed by atoms with E-state index in [0.29, 0.717) is 18.0 Å². The van der Waals surface area contributed by atoms with Gasteiger partial charge < -0.3 is 20.1 Å². The van der Waals surface area contributed by atoms with Crippen molar-refractivity contribution in [2.45, 2.75) is 26.4 Å². The number of methoxy groups -OCH3 is 1. The fraction of sp³-hybridized carbons (Fsp3) is 0.240. The Bertz CT molecular complexity index is 1010. The predicted molar refractivity (Wildman–Crippen MR) is 128 cm³/mol. The molecule has 2 N–H and O–H groups in total.